The third-order valence-corrected chi connectivity index (χ3v) is 3.40. The summed E-state index contributed by atoms with van der Waals surface area (Å²) in [7, 11) is 0. The van der Waals surface area contributed by atoms with Crippen molar-refractivity contribution >= 4 is 6.04 Å². The standard InChI is InChI=1S/C10H8F11NO/c11-6(23)7(12,13)10(20,21)22-2-4(8(14,15)16)1-5(3-22)9(17,18)19/h4-5H,1-3H2. The Hall–Kier alpha value is -1.14. The summed E-state index contributed by atoms with van der Waals surface area (Å²) in [5.74, 6) is -12.0. The van der Waals surface area contributed by atoms with Gasteiger partial charge in [-0.05, 0) is 6.42 Å². The topological polar surface area (TPSA) is 20.3 Å². The second-order valence-electron chi connectivity index (χ2n) is 5.01. The third kappa shape index (κ3) is 3.86. The number of carbonyl (C=O) groups excluding carboxylic acids is 1. The van der Waals surface area contributed by atoms with Crippen molar-refractivity contribution in [2.75, 3.05) is 13.1 Å². The van der Waals surface area contributed by atoms with E-state index in [1.807, 2.05) is 0 Å². The van der Waals surface area contributed by atoms with Crippen LogP contribution in [-0.4, -0.2) is 48.3 Å². The predicted octanol–water partition coefficient (Wildman–Crippen LogP) is 3.77. The van der Waals surface area contributed by atoms with E-state index in [1.165, 1.54) is 0 Å². The third-order valence-electron chi connectivity index (χ3n) is 3.40. The Morgan fingerprint density at radius 2 is 1.13 bits per heavy atom. The molecule has 136 valence electrons. The van der Waals surface area contributed by atoms with Crippen LogP contribution in [0, 0.1) is 11.8 Å². The summed E-state index contributed by atoms with van der Waals surface area (Å²) in [5, 5.41) is 0. The van der Waals surface area contributed by atoms with Crippen molar-refractivity contribution in [1.29, 1.82) is 0 Å². The van der Waals surface area contributed by atoms with E-state index in [0.29, 0.717) is 0 Å². The maximum absolute atomic E-state index is 13.4. The van der Waals surface area contributed by atoms with E-state index in [9.17, 15) is 53.1 Å². The van der Waals surface area contributed by atoms with E-state index < -0.39 is 66.6 Å². The molecule has 0 amide bonds. The molecule has 23 heavy (non-hydrogen) atoms. The Bertz CT molecular complexity index is 433. The van der Waals surface area contributed by atoms with Crippen LogP contribution < -0.4 is 0 Å². The first-order valence-electron chi connectivity index (χ1n) is 5.85. The van der Waals surface area contributed by atoms with E-state index in [1.54, 1.807) is 0 Å². The van der Waals surface area contributed by atoms with Gasteiger partial charge in [0.15, 0.2) is 0 Å². The lowest BCUT2D eigenvalue weighted by Crippen LogP contribution is -2.63. The first kappa shape index (κ1) is 19.9. The van der Waals surface area contributed by atoms with Gasteiger partial charge in [0.05, 0.1) is 11.8 Å². The summed E-state index contributed by atoms with van der Waals surface area (Å²) in [4.78, 5) is 8.80. The molecule has 0 bridgehead atoms. The minimum absolute atomic E-state index is 1.15. The molecule has 0 aromatic carbocycles. The van der Waals surface area contributed by atoms with Gasteiger partial charge in [-0.15, -0.1) is 0 Å². The lowest BCUT2D eigenvalue weighted by atomic mass is 9.87. The summed E-state index contributed by atoms with van der Waals surface area (Å²) < 4.78 is 140. The largest absolute Gasteiger partial charge is 0.412 e. The first-order valence-corrected chi connectivity index (χ1v) is 5.85. The Labute approximate surface area is 121 Å². The molecule has 0 saturated carbocycles. The molecular formula is C10H8F11NO. The molecule has 0 aromatic rings. The van der Waals surface area contributed by atoms with Gasteiger partial charge >= 0.3 is 30.4 Å². The fraction of sp³-hybridized carbons (Fsp3) is 0.900. The highest BCUT2D eigenvalue weighted by atomic mass is 19.4. The quantitative estimate of drug-likeness (QED) is 0.430. The van der Waals surface area contributed by atoms with Gasteiger partial charge in [-0.2, -0.15) is 48.3 Å². The number of piperidine rings is 1. The number of nitrogens with zero attached hydrogens (tertiary/aromatic N) is 1. The van der Waals surface area contributed by atoms with Gasteiger partial charge in [0.2, 0.25) is 0 Å². The summed E-state index contributed by atoms with van der Waals surface area (Å²) in [5.41, 5.74) is 0. The Kier molecular flexibility index (Phi) is 4.97. The number of likely N-dealkylation sites (tertiary alicyclic amines) is 1. The number of hydrogen-bond donors (Lipinski definition) is 0. The lowest BCUT2D eigenvalue weighted by molar-refractivity contribution is -0.309. The van der Waals surface area contributed by atoms with Crippen LogP contribution in [0.15, 0.2) is 0 Å². The van der Waals surface area contributed by atoms with Crippen LogP contribution in [0.5, 0.6) is 0 Å². The van der Waals surface area contributed by atoms with Crippen LogP contribution in [0.3, 0.4) is 0 Å². The molecule has 2 atom stereocenters. The summed E-state index contributed by atoms with van der Waals surface area (Å²) >= 11 is 0. The molecule has 13 heteroatoms. The number of alkyl halides is 10. The van der Waals surface area contributed by atoms with E-state index in [-0.39, 0.29) is 0 Å². The second kappa shape index (κ2) is 5.74. The maximum atomic E-state index is 13.4. The van der Waals surface area contributed by atoms with Crippen LogP contribution in [0.25, 0.3) is 0 Å². The van der Waals surface area contributed by atoms with Gasteiger partial charge in [0.1, 0.15) is 0 Å². The van der Waals surface area contributed by atoms with Crippen molar-refractivity contribution < 1.29 is 53.1 Å². The van der Waals surface area contributed by atoms with Gasteiger partial charge < -0.3 is 0 Å². The van der Waals surface area contributed by atoms with E-state index in [0.717, 1.165) is 0 Å². The molecule has 2 nitrogen and oxygen atoms in total. The molecule has 0 spiro atoms. The first-order chi connectivity index (χ1) is 10.0. The molecule has 1 saturated heterocycles. The van der Waals surface area contributed by atoms with Gasteiger partial charge in [-0.3, -0.25) is 4.79 Å². The van der Waals surface area contributed by atoms with Crippen molar-refractivity contribution in [3.8, 4) is 0 Å². The van der Waals surface area contributed by atoms with Gasteiger partial charge in [-0.1, -0.05) is 0 Å². The number of halogens is 11. The fourth-order valence-electron chi connectivity index (χ4n) is 2.12. The van der Waals surface area contributed by atoms with Gasteiger partial charge in [-0.25, -0.2) is 4.90 Å². The van der Waals surface area contributed by atoms with Crippen LogP contribution in [0.2, 0.25) is 0 Å². The van der Waals surface area contributed by atoms with Crippen molar-refractivity contribution in [2.45, 2.75) is 30.7 Å². The average molecular weight is 367 g/mol. The molecule has 0 N–H and O–H groups in total. The Morgan fingerprint density at radius 1 is 0.783 bits per heavy atom. The Balaban J connectivity index is 3.21. The summed E-state index contributed by atoms with van der Waals surface area (Å²) in [6, 6.07) is -9.70. The molecule has 1 aliphatic rings. The minimum atomic E-state index is -6.07. The normalized spacial score (nSPS) is 25.5. The zero-order chi connectivity index (χ0) is 18.4. The molecule has 0 aromatic heterocycles. The fourth-order valence-corrected chi connectivity index (χ4v) is 2.12. The molecule has 1 heterocycles. The highest BCUT2D eigenvalue weighted by molar-refractivity contribution is 5.77. The van der Waals surface area contributed by atoms with Gasteiger partial charge in [0.25, 0.3) is 0 Å². The van der Waals surface area contributed by atoms with E-state index >= 15 is 0 Å². The van der Waals surface area contributed by atoms with Crippen LogP contribution in [0.1, 0.15) is 6.42 Å². The number of carbonyl (C=O) groups is 1. The van der Waals surface area contributed by atoms with Crippen molar-refractivity contribution in [3.63, 3.8) is 0 Å². The van der Waals surface area contributed by atoms with Crippen molar-refractivity contribution in [3.05, 3.63) is 0 Å². The smallest absolute Gasteiger partial charge is 0.254 e. The highest BCUT2D eigenvalue weighted by Crippen LogP contribution is 2.47. The number of hydrogen-bond acceptors (Lipinski definition) is 2. The number of rotatable bonds is 3. The molecular weight excluding hydrogens is 359 g/mol. The minimum Gasteiger partial charge on any atom is -0.254 e. The molecule has 1 fully saturated rings. The van der Waals surface area contributed by atoms with Crippen molar-refractivity contribution in [2.24, 2.45) is 11.8 Å². The van der Waals surface area contributed by atoms with Crippen LogP contribution >= 0.6 is 0 Å². The molecule has 1 aliphatic heterocycles. The molecule has 0 radical (unpaired) electrons. The monoisotopic (exact) mass is 367 g/mol. The summed E-state index contributed by atoms with van der Waals surface area (Å²) in [6.07, 6.45) is -12.4. The molecule has 0 aliphatic carbocycles. The zero-order valence-corrected chi connectivity index (χ0v) is 10.8. The molecule has 2 unspecified atom stereocenters. The average Bonchev–Trinajstić information content (AvgIpc) is 2.35. The van der Waals surface area contributed by atoms with Crippen molar-refractivity contribution in [1.82, 2.24) is 4.90 Å². The molecule has 1 rings (SSSR count). The summed E-state index contributed by atoms with van der Waals surface area (Å²) in [6.45, 7) is -3.85. The zero-order valence-electron chi connectivity index (χ0n) is 10.8. The Morgan fingerprint density at radius 3 is 1.39 bits per heavy atom. The highest BCUT2D eigenvalue weighted by Gasteiger charge is 2.68. The van der Waals surface area contributed by atoms with E-state index in [2.05, 4.69) is 0 Å². The lowest BCUT2D eigenvalue weighted by Gasteiger charge is -2.43. The predicted molar refractivity (Wildman–Crippen MR) is 51.3 cm³/mol. The maximum Gasteiger partial charge on any atom is 0.412 e. The SMILES string of the molecule is O=C(F)C(F)(F)C(F)(F)N1CC(C(F)(F)F)CC(C(F)(F)F)C1. The van der Waals surface area contributed by atoms with Crippen LogP contribution in [-0.2, 0) is 4.79 Å². The van der Waals surface area contributed by atoms with Crippen LogP contribution in [0.4, 0.5) is 48.3 Å². The second-order valence-corrected chi connectivity index (χ2v) is 5.01. The van der Waals surface area contributed by atoms with E-state index in [4.69, 9.17) is 0 Å². The van der Waals surface area contributed by atoms with Gasteiger partial charge in [0, 0.05) is 13.1 Å².